The smallest absolute Gasteiger partial charge is 0.233 e. The van der Waals surface area contributed by atoms with E-state index in [1.807, 2.05) is 0 Å². The van der Waals surface area contributed by atoms with Crippen LogP contribution in [-0.2, 0) is 11.3 Å². The number of likely N-dealkylation sites (N-methyl/N-ethyl adjacent to an activating group) is 1. The van der Waals surface area contributed by atoms with Gasteiger partial charge in [-0.1, -0.05) is 5.16 Å². The van der Waals surface area contributed by atoms with Gasteiger partial charge in [-0.2, -0.15) is 0 Å². The molecule has 1 aromatic carbocycles. The average Bonchev–Trinajstić information content (AvgIpc) is 2.45. The zero-order valence-electron chi connectivity index (χ0n) is 10.9. The summed E-state index contributed by atoms with van der Waals surface area (Å²) >= 11 is 0. The van der Waals surface area contributed by atoms with Crippen molar-refractivity contribution in [1.82, 2.24) is 10.6 Å². The van der Waals surface area contributed by atoms with Crippen molar-refractivity contribution < 1.29 is 14.7 Å². The van der Waals surface area contributed by atoms with Gasteiger partial charge in [0.2, 0.25) is 5.91 Å². The van der Waals surface area contributed by atoms with Gasteiger partial charge in [0, 0.05) is 24.7 Å². The minimum Gasteiger partial charge on any atom is -0.496 e. The summed E-state index contributed by atoms with van der Waals surface area (Å²) in [7, 11) is 3.13. The Bertz CT molecular complexity index is 474. The molecule has 0 radical (unpaired) electrons. The molecule has 0 spiro atoms. The molecule has 0 saturated carbocycles. The number of amidine groups is 1. The van der Waals surface area contributed by atoms with Gasteiger partial charge in [0.25, 0.3) is 0 Å². The largest absolute Gasteiger partial charge is 0.496 e. The van der Waals surface area contributed by atoms with E-state index in [1.54, 1.807) is 32.4 Å². The lowest BCUT2D eigenvalue weighted by Crippen LogP contribution is -2.31. The van der Waals surface area contributed by atoms with Crippen molar-refractivity contribution >= 4 is 11.7 Å². The van der Waals surface area contributed by atoms with E-state index in [-0.39, 0.29) is 18.3 Å². The Kier molecular flexibility index (Phi) is 5.62. The third kappa shape index (κ3) is 4.14. The molecule has 0 bridgehead atoms. The second kappa shape index (κ2) is 7.22. The van der Waals surface area contributed by atoms with Crippen LogP contribution >= 0.6 is 0 Å². The molecule has 7 heteroatoms. The SMILES string of the molecule is CNC(=O)CNCc1cc(/C(N)=N/O)ccc1OC. The molecule has 1 amide bonds. The van der Waals surface area contributed by atoms with Crippen molar-refractivity contribution in [2.24, 2.45) is 10.9 Å². The van der Waals surface area contributed by atoms with Crippen molar-refractivity contribution in [3.8, 4) is 5.75 Å². The molecule has 1 aromatic rings. The normalized spacial score (nSPS) is 11.2. The lowest BCUT2D eigenvalue weighted by Gasteiger charge is -2.11. The molecule has 0 atom stereocenters. The summed E-state index contributed by atoms with van der Waals surface area (Å²) in [6.45, 7) is 0.636. The van der Waals surface area contributed by atoms with Crippen LogP contribution in [0, 0.1) is 0 Å². The molecule has 0 aliphatic rings. The van der Waals surface area contributed by atoms with Crippen LogP contribution in [0.4, 0.5) is 0 Å². The first kappa shape index (κ1) is 14.8. The van der Waals surface area contributed by atoms with Crippen LogP contribution in [0.5, 0.6) is 5.75 Å². The summed E-state index contributed by atoms with van der Waals surface area (Å²) in [5.41, 5.74) is 6.93. The fourth-order valence-corrected chi connectivity index (χ4v) is 1.53. The highest BCUT2D eigenvalue weighted by Crippen LogP contribution is 2.19. The number of amides is 1. The molecule has 0 heterocycles. The summed E-state index contributed by atoms with van der Waals surface area (Å²) in [6.07, 6.45) is 0. The molecule has 0 unspecified atom stereocenters. The lowest BCUT2D eigenvalue weighted by atomic mass is 10.1. The van der Waals surface area contributed by atoms with E-state index in [1.165, 1.54) is 0 Å². The van der Waals surface area contributed by atoms with Gasteiger partial charge in [-0.3, -0.25) is 4.79 Å². The minimum atomic E-state index is -0.105. The Morgan fingerprint density at radius 3 is 2.84 bits per heavy atom. The molecule has 19 heavy (non-hydrogen) atoms. The highest BCUT2D eigenvalue weighted by Gasteiger charge is 2.07. The molecule has 1 rings (SSSR count). The minimum absolute atomic E-state index is 0.0233. The van der Waals surface area contributed by atoms with E-state index in [0.717, 1.165) is 5.56 Å². The van der Waals surface area contributed by atoms with Crippen LogP contribution in [0.2, 0.25) is 0 Å². The number of nitrogens with two attached hydrogens (primary N) is 1. The van der Waals surface area contributed by atoms with Gasteiger partial charge in [0.1, 0.15) is 5.75 Å². The van der Waals surface area contributed by atoms with E-state index in [2.05, 4.69) is 15.8 Å². The summed E-state index contributed by atoms with van der Waals surface area (Å²) in [6, 6.07) is 5.16. The highest BCUT2D eigenvalue weighted by molar-refractivity contribution is 5.97. The number of carbonyl (C=O) groups is 1. The number of benzene rings is 1. The molecular weight excluding hydrogens is 248 g/mol. The van der Waals surface area contributed by atoms with Crippen molar-refractivity contribution in [2.45, 2.75) is 6.54 Å². The van der Waals surface area contributed by atoms with E-state index in [4.69, 9.17) is 15.7 Å². The van der Waals surface area contributed by atoms with Crippen molar-refractivity contribution in [2.75, 3.05) is 20.7 Å². The molecule has 104 valence electrons. The summed E-state index contributed by atoms with van der Waals surface area (Å²) in [5, 5.41) is 17.1. The van der Waals surface area contributed by atoms with Crippen LogP contribution in [0.1, 0.15) is 11.1 Å². The number of methoxy groups -OCH3 is 1. The number of oxime groups is 1. The molecule has 0 saturated heterocycles. The first-order chi connectivity index (χ1) is 9.12. The predicted octanol–water partition coefficient (Wildman–Crippen LogP) is -0.375. The second-order valence-corrected chi connectivity index (χ2v) is 3.79. The fourth-order valence-electron chi connectivity index (χ4n) is 1.53. The van der Waals surface area contributed by atoms with Crippen molar-refractivity contribution in [3.05, 3.63) is 29.3 Å². The van der Waals surface area contributed by atoms with Crippen LogP contribution < -0.4 is 21.1 Å². The zero-order chi connectivity index (χ0) is 14.3. The number of nitrogens with one attached hydrogen (secondary N) is 2. The molecular formula is C12H18N4O3. The predicted molar refractivity (Wildman–Crippen MR) is 71.3 cm³/mol. The fraction of sp³-hybridized carbons (Fsp3) is 0.333. The van der Waals surface area contributed by atoms with E-state index >= 15 is 0 Å². The Balaban J connectivity index is 2.81. The lowest BCUT2D eigenvalue weighted by molar-refractivity contribution is -0.119. The average molecular weight is 266 g/mol. The Labute approximate surface area is 111 Å². The molecule has 0 fully saturated rings. The van der Waals surface area contributed by atoms with Crippen LogP contribution in [0.25, 0.3) is 0 Å². The second-order valence-electron chi connectivity index (χ2n) is 3.79. The van der Waals surface area contributed by atoms with E-state index < -0.39 is 0 Å². The molecule has 0 aliphatic carbocycles. The maximum Gasteiger partial charge on any atom is 0.233 e. The van der Waals surface area contributed by atoms with Gasteiger partial charge in [-0.25, -0.2) is 0 Å². The van der Waals surface area contributed by atoms with Gasteiger partial charge >= 0.3 is 0 Å². The van der Waals surface area contributed by atoms with Crippen LogP contribution in [0.3, 0.4) is 0 Å². The van der Waals surface area contributed by atoms with E-state index in [9.17, 15) is 4.79 Å². The number of hydrogen-bond acceptors (Lipinski definition) is 5. The Morgan fingerprint density at radius 1 is 1.53 bits per heavy atom. The Hall–Kier alpha value is -2.28. The van der Waals surface area contributed by atoms with Gasteiger partial charge in [-0.15, -0.1) is 0 Å². The first-order valence-electron chi connectivity index (χ1n) is 5.68. The first-order valence-corrected chi connectivity index (χ1v) is 5.68. The topological polar surface area (TPSA) is 109 Å². The number of nitrogens with zero attached hydrogens (tertiary/aromatic N) is 1. The van der Waals surface area contributed by atoms with E-state index in [0.29, 0.717) is 17.9 Å². The number of ether oxygens (including phenoxy) is 1. The third-order valence-corrected chi connectivity index (χ3v) is 2.56. The van der Waals surface area contributed by atoms with Gasteiger partial charge in [0.15, 0.2) is 5.84 Å². The maximum absolute atomic E-state index is 11.1. The summed E-state index contributed by atoms with van der Waals surface area (Å²) in [5.74, 6) is 0.584. The summed E-state index contributed by atoms with van der Waals surface area (Å²) in [4.78, 5) is 11.1. The zero-order valence-corrected chi connectivity index (χ0v) is 10.9. The molecule has 0 aromatic heterocycles. The monoisotopic (exact) mass is 266 g/mol. The quantitative estimate of drug-likeness (QED) is 0.243. The summed E-state index contributed by atoms with van der Waals surface area (Å²) < 4.78 is 5.21. The third-order valence-electron chi connectivity index (χ3n) is 2.56. The van der Waals surface area contributed by atoms with Gasteiger partial charge in [0.05, 0.1) is 13.7 Å². The maximum atomic E-state index is 11.1. The van der Waals surface area contributed by atoms with Gasteiger partial charge in [-0.05, 0) is 18.2 Å². The van der Waals surface area contributed by atoms with Crippen molar-refractivity contribution in [3.63, 3.8) is 0 Å². The number of carbonyl (C=O) groups excluding carboxylic acids is 1. The van der Waals surface area contributed by atoms with Crippen molar-refractivity contribution in [1.29, 1.82) is 0 Å². The van der Waals surface area contributed by atoms with Gasteiger partial charge < -0.3 is 26.3 Å². The number of hydrogen-bond donors (Lipinski definition) is 4. The Morgan fingerprint density at radius 2 is 2.26 bits per heavy atom. The highest BCUT2D eigenvalue weighted by atomic mass is 16.5. The van der Waals surface area contributed by atoms with Crippen LogP contribution in [-0.4, -0.2) is 37.7 Å². The molecule has 0 aliphatic heterocycles. The van der Waals surface area contributed by atoms with Crippen LogP contribution in [0.15, 0.2) is 23.4 Å². The molecule has 7 nitrogen and oxygen atoms in total. The number of rotatable bonds is 6. The molecule has 5 N–H and O–H groups in total. The standard InChI is InChI=1S/C12H18N4O3/c1-14-11(17)7-15-6-9-5-8(12(13)16-18)3-4-10(9)19-2/h3-5,15,18H,6-7H2,1-2H3,(H2,13,16)(H,14,17).